The highest BCUT2D eigenvalue weighted by Gasteiger charge is 2.29. The first-order chi connectivity index (χ1) is 14.3. The lowest BCUT2D eigenvalue weighted by Gasteiger charge is -2.32. The third-order valence-corrected chi connectivity index (χ3v) is 8.72. The minimum Gasteiger partial charge on any atom is -0.343 e. The van der Waals surface area contributed by atoms with E-state index in [9.17, 15) is 13.8 Å². The fourth-order valence-corrected chi connectivity index (χ4v) is 6.08. The van der Waals surface area contributed by atoms with Gasteiger partial charge < -0.3 is 4.90 Å². The Balaban J connectivity index is 1.57. The number of benzene rings is 1. The average Bonchev–Trinajstić information content (AvgIpc) is 3.25. The lowest BCUT2D eigenvalue weighted by molar-refractivity contribution is -0.132. The molecule has 6 nitrogen and oxygen atoms in total. The Morgan fingerprint density at radius 3 is 2.70 bits per heavy atom. The van der Waals surface area contributed by atoms with E-state index in [2.05, 4.69) is 9.35 Å². The van der Waals surface area contributed by atoms with Gasteiger partial charge in [0, 0.05) is 49.0 Å². The minimum atomic E-state index is -2.66. The van der Waals surface area contributed by atoms with Crippen LogP contribution in [0.2, 0.25) is 0 Å². The minimum absolute atomic E-state index is 0.104. The third kappa shape index (κ3) is 5.76. The molecular formula is C22H29N3O3S2. The van der Waals surface area contributed by atoms with Crippen molar-refractivity contribution in [1.82, 2.24) is 9.88 Å². The van der Waals surface area contributed by atoms with Crippen molar-refractivity contribution in [2.24, 2.45) is 4.36 Å². The van der Waals surface area contributed by atoms with Gasteiger partial charge in [0.1, 0.15) is 0 Å². The standard InChI is InChI=1S/C22H29N3O3S2/c1-16-5-4-6-18(15-16)17(2)22(27)24-30(3,28)19-9-12-25(13-10-19)21(26)8-7-20-23-11-14-29-20/h4-6,11,14-15,17,19H,7-10,12-13H2,1-3H3. The fourth-order valence-electron chi connectivity index (χ4n) is 3.71. The fraction of sp³-hybridized carbons (Fsp3) is 0.500. The van der Waals surface area contributed by atoms with E-state index in [1.54, 1.807) is 30.7 Å². The van der Waals surface area contributed by atoms with Gasteiger partial charge in [-0.05, 0) is 32.3 Å². The summed E-state index contributed by atoms with van der Waals surface area (Å²) in [5.41, 5.74) is 1.97. The van der Waals surface area contributed by atoms with Gasteiger partial charge in [-0.25, -0.2) is 9.19 Å². The number of rotatable bonds is 6. The molecule has 162 valence electrons. The highest BCUT2D eigenvalue weighted by Crippen LogP contribution is 2.23. The van der Waals surface area contributed by atoms with Crippen LogP contribution in [0.5, 0.6) is 0 Å². The molecule has 2 heterocycles. The summed E-state index contributed by atoms with van der Waals surface area (Å²) in [5.74, 6) is -0.652. The van der Waals surface area contributed by atoms with Gasteiger partial charge in [-0.1, -0.05) is 29.8 Å². The number of nitrogens with zero attached hydrogens (tertiary/aromatic N) is 3. The topological polar surface area (TPSA) is 79.7 Å². The molecule has 1 aromatic heterocycles. The van der Waals surface area contributed by atoms with Gasteiger partial charge in [0.25, 0.3) is 5.91 Å². The number of carbonyl (C=O) groups is 2. The van der Waals surface area contributed by atoms with Crippen LogP contribution in [-0.4, -0.2) is 50.5 Å². The summed E-state index contributed by atoms with van der Waals surface area (Å²) in [5, 5.41) is 2.71. The second-order valence-electron chi connectivity index (χ2n) is 7.93. The molecule has 0 bridgehead atoms. The van der Waals surface area contributed by atoms with E-state index < -0.39 is 15.6 Å². The van der Waals surface area contributed by atoms with Gasteiger partial charge in [0.2, 0.25) is 5.91 Å². The maximum Gasteiger partial charge on any atom is 0.261 e. The summed E-state index contributed by atoms with van der Waals surface area (Å²) in [4.78, 5) is 31.2. The largest absolute Gasteiger partial charge is 0.343 e. The number of thiazole rings is 1. The molecule has 0 radical (unpaired) electrons. The Bertz CT molecular complexity index is 1000. The number of hydrogen-bond donors (Lipinski definition) is 0. The van der Waals surface area contributed by atoms with E-state index in [1.807, 2.05) is 41.5 Å². The van der Waals surface area contributed by atoms with Crippen LogP contribution >= 0.6 is 11.3 Å². The summed E-state index contributed by atoms with van der Waals surface area (Å²) < 4.78 is 17.4. The van der Waals surface area contributed by atoms with Crippen molar-refractivity contribution >= 4 is 32.9 Å². The number of amides is 2. The van der Waals surface area contributed by atoms with E-state index in [0.717, 1.165) is 16.1 Å². The number of hydrogen-bond acceptors (Lipinski definition) is 5. The molecule has 0 saturated carbocycles. The van der Waals surface area contributed by atoms with Crippen LogP contribution in [0.25, 0.3) is 0 Å². The Hall–Kier alpha value is -2.06. The summed E-state index contributed by atoms with van der Waals surface area (Å²) >= 11 is 1.56. The zero-order chi connectivity index (χ0) is 21.7. The number of carbonyl (C=O) groups excluding carboxylic acids is 2. The van der Waals surface area contributed by atoms with Crippen molar-refractivity contribution in [3.8, 4) is 0 Å². The van der Waals surface area contributed by atoms with E-state index in [4.69, 9.17) is 0 Å². The summed E-state index contributed by atoms with van der Waals surface area (Å²) in [6.07, 6.45) is 5.64. The second kappa shape index (κ2) is 9.83. The van der Waals surface area contributed by atoms with Gasteiger partial charge in [-0.3, -0.25) is 9.59 Å². The van der Waals surface area contributed by atoms with Gasteiger partial charge in [0.05, 0.1) is 20.7 Å². The van der Waals surface area contributed by atoms with Crippen LogP contribution in [0.4, 0.5) is 0 Å². The predicted octanol–water partition coefficient (Wildman–Crippen LogP) is 3.80. The molecule has 1 aliphatic rings. The SMILES string of the molecule is Cc1cccc(C(C)C(=O)N=S(C)(=O)C2CCN(C(=O)CCc3nccs3)CC2)c1. The first-order valence-corrected chi connectivity index (χ1v) is 13.1. The first-order valence-electron chi connectivity index (χ1n) is 10.2. The molecule has 1 aliphatic heterocycles. The Morgan fingerprint density at radius 1 is 1.33 bits per heavy atom. The van der Waals surface area contributed by atoms with Gasteiger partial charge >= 0.3 is 0 Å². The van der Waals surface area contributed by atoms with Gasteiger partial charge in [-0.2, -0.15) is 4.36 Å². The number of piperidine rings is 1. The van der Waals surface area contributed by atoms with Crippen LogP contribution in [0.3, 0.4) is 0 Å². The quantitative estimate of drug-likeness (QED) is 0.675. The zero-order valence-corrected chi connectivity index (χ0v) is 19.4. The van der Waals surface area contributed by atoms with Crippen molar-refractivity contribution in [1.29, 1.82) is 0 Å². The molecular weight excluding hydrogens is 418 g/mol. The van der Waals surface area contributed by atoms with Crippen LogP contribution in [0, 0.1) is 6.92 Å². The molecule has 0 N–H and O–H groups in total. The molecule has 0 spiro atoms. The number of aryl methyl sites for hydroxylation is 2. The van der Waals surface area contributed by atoms with Crippen LogP contribution < -0.4 is 0 Å². The van der Waals surface area contributed by atoms with Crippen molar-refractivity contribution in [2.45, 2.75) is 50.7 Å². The van der Waals surface area contributed by atoms with E-state index in [1.165, 1.54) is 0 Å². The van der Waals surface area contributed by atoms with Crippen molar-refractivity contribution in [2.75, 3.05) is 19.3 Å². The molecule has 1 saturated heterocycles. The van der Waals surface area contributed by atoms with Crippen molar-refractivity contribution in [3.63, 3.8) is 0 Å². The predicted molar refractivity (Wildman–Crippen MR) is 121 cm³/mol. The van der Waals surface area contributed by atoms with E-state index in [-0.39, 0.29) is 17.1 Å². The third-order valence-electron chi connectivity index (χ3n) is 5.63. The maximum atomic E-state index is 13.2. The Kier molecular flexibility index (Phi) is 7.41. The molecule has 1 fully saturated rings. The Labute approximate surface area is 182 Å². The molecule has 3 rings (SSSR count). The second-order valence-corrected chi connectivity index (χ2v) is 11.5. The summed E-state index contributed by atoms with van der Waals surface area (Å²) in [6.45, 7) is 4.90. The molecule has 2 atom stereocenters. The van der Waals surface area contributed by atoms with Crippen LogP contribution in [-0.2, 0) is 25.7 Å². The molecule has 30 heavy (non-hydrogen) atoms. The molecule has 0 aliphatic carbocycles. The molecule has 2 amide bonds. The first kappa shape index (κ1) is 22.6. The Morgan fingerprint density at radius 2 is 2.07 bits per heavy atom. The van der Waals surface area contributed by atoms with Gasteiger partial charge in [-0.15, -0.1) is 11.3 Å². The normalized spacial score (nSPS) is 17.9. The smallest absolute Gasteiger partial charge is 0.261 e. The molecule has 2 aromatic rings. The summed E-state index contributed by atoms with van der Waals surface area (Å²) in [7, 11) is -2.66. The lowest BCUT2D eigenvalue weighted by Crippen LogP contribution is -2.42. The molecule has 1 aromatic carbocycles. The average molecular weight is 448 g/mol. The van der Waals surface area contributed by atoms with Crippen molar-refractivity contribution in [3.05, 3.63) is 52.0 Å². The highest BCUT2D eigenvalue weighted by atomic mass is 32.2. The number of likely N-dealkylation sites (tertiary alicyclic amines) is 1. The van der Waals surface area contributed by atoms with Crippen LogP contribution in [0.15, 0.2) is 40.2 Å². The van der Waals surface area contributed by atoms with E-state index in [0.29, 0.717) is 38.8 Å². The number of aromatic nitrogens is 1. The summed E-state index contributed by atoms with van der Waals surface area (Å²) in [6, 6.07) is 7.76. The van der Waals surface area contributed by atoms with Crippen LogP contribution in [0.1, 0.15) is 48.2 Å². The zero-order valence-electron chi connectivity index (χ0n) is 17.7. The lowest BCUT2D eigenvalue weighted by atomic mass is 9.99. The van der Waals surface area contributed by atoms with E-state index >= 15 is 0 Å². The molecule has 8 heteroatoms. The molecule has 2 unspecified atom stereocenters. The monoisotopic (exact) mass is 447 g/mol. The highest BCUT2D eigenvalue weighted by molar-refractivity contribution is 7.93. The maximum absolute atomic E-state index is 13.2. The van der Waals surface area contributed by atoms with Gasteiger partial charge in [0.15, 0.2) is 0 Å². The van der Waals surface area contributed by atoms with Crippen molar-refractivity contribution < 1.29 is 13.8 Å².